The van der Waals surface area contributed by atoms with E-state index in [0.717, 1.165) is 12.8 Å². The van der Waals surface area contributed by atoms with E-state index in [1.807, 2.05) is 0 Å². The summed E-state index contributed by atoms with van der Waals surface area (Å²) in [5.41, 5.74) is 0. The van der Waals surface area contributed by atoms with Crippen molar-refractivity contribution >= 4 is 23.5 Å². The van der Waals surface area contributed by atoms with Crippen LogP contribution in [-0.4, -0.2) is 23.5 Å². The van der Waals surface area contributed by atoms with Gasteiger partial charge in [-0.25, -0.2) is 0 Å². The molecule has 0 aliphatic heterocycles. The molecular formula is C11H14ClNO4. The lowest BCUT2D eigenvalue weighted by Gasteiger charge is -2.02. The Bertz CT molecular complexity index is 389. The Balaban J connectivity index is 2.11. The van der Waals surface area contributed by atoms with Gasteiger partial charge < -0.3 is 14.8 Å². The van der Waals surface area contributed by atoms with E-state index >= 15 is 0 Å². The summed E-state index contributed by atoms with van der Waals surface area (Å²) >= 11 is 5.53. The van der Waals surface area contributed by atoms with Crippen molar-refractivity contribution < 1.29 is 19.1 Å². The molecule has 1 aromatic rings. The van der Waals surface area contributed by atoms with E-state index in [0.29, 0.717) is 13.0 Å². The van der Waals surface area contributed by atoms with Crippen LogP contribution in [0.4, 0.5) is 0 Å². The fourth-order valence-corrected chi connectivity index (χ4v) is 1.45. The van der Waals surface area contributed by atoms with Crippen molar-refractivity contribution in [1.82, 2.24) is 5.32 Å². The Morgan fingerprint density at radius 3 is 2.65 bits per heavy atom. The van der Waals surface area contributed by atoms with E-state index in [4.69, 9.17) is 21.1 Å². The smallest absolute Gasteiger partial charge is 0.303 e. The predicted octanol–water partition coefficient (Wildman–Crippen LogP) is 2.31. The Kier molecular flexibility index (Phi) is 5.56. The monoisotopic (exact) mass is 259 g/mol. The van der Waals surface area contributed by atoms with Gasteiger partial charge in [0.15, 0.2) is 11.0 Å². The molecule has 1 amide bonds. The number of hydrogen-bond acceptors (Lipinski definition) is 3. The van der Waals surface area contributed by atoms with Gasteiger partial charge in [-0.15, -0.1) is 0 Å². The van der Waals surface area contributed by atoms with Crippen LogP contribution in [0, 0.1) is 0 Å². The molecular weight excluding hydrogens is 246 g/mol. The summed E-state index contributed by atoms with van der Waals surface area (Å²) in [6, 6.07) is 3.01. The van der Waals surface area contributed by atoms with Crippen molar-refractivity contribution in [2.45, 2.75) is 25.7 Å². The number of furan rings is 1. The number of carboxylic acids is 1. The third-order valence-electron chi connectivity index (χ3n) is 2.15. The molecule has 0 aliphatic rings. The van der Waals surface area contributed by atoms with Gasteiger partial charge in [0.2, 0.25) is 0 Å². The lowest BCUT2D eigenvalue weighted by Crippen LogP contribution is -2.23. The molecule has 1 rings (SSSR count). The second kappa shape index (κ2) is 6.96. The zero-order valence-corrected chi connectivity index (χ0v) is 10.00. The van der Waals surface area contributed by atoms with Gasteiger partial charge in [-0.05, 0) is 36.6 Å². The molecule has 0 saturated carbocycles. The van der Waals surface area contributed by atoms with Crippen molar-refractivity contribution in [3.05, 3.63) is 23.1 Å². The Labute approximate surface area is 104 Å². The van der Waals surface area contributed by atoms with Gasteiger partial charge in [-0.1, -0.05) is 6.42 Å². The van der Waals surface area contributed by atoms with Gasteiger partial charge in [0.05, 0.1) is 0 Å². The van der Waals surface area contributed by atoms with Gasteiger partial charge in [-0.2, -0.15) is 0 Å². The summed E-state index contributed by atoms with van der Waals surface area (Å²) in [5, 5.41) is 11.3. The first-order chi connectivity index (χ1) is 8.09. The number of rotatable bonds is 7. The van der Waals surface area contributed by atoms with Crippen molar-refractivity contribution in [3.63, 3.8) is 0 Å². The molecule has 1 aromatic heterocycles. The maximum Gasteiger partial charge on any atom is 0.303 e. The predicted molar refractivity (Wildman–Crippen MR) is 62.2 cm³/mol. The summed E-state index contributed by atoms with van der Waals surface area (Å²) in [4.78, 5) is 21.7. The van der Waals surface area contributed by atoms with Crippen LogP contribution in [0.2, 0.25) is 5.22 Å². The highest BCUT2D eigenvalue weighted by atomic mass is 35.5. The number of carbonyl (C=O) groups is 2. The van der Waals surface area contributed by atoms with Crippen LogP contribution in [-0.2, 0) is 4.79 Å². The molecule has 0 bridgehead atoms. The average molecular weight is 260 g/mol. The minimum absolute atomic E-state index is 0.168. The first-order valence-corrected chi connectivity index (χ1v) is 5.72. The molecule has 0 aliphatic carbocycles. The quantitative estimate of drug-likeness (QED) is 0.737. The van der Waals surface area contributed by atoms with Gasteiger partial charge in [0.1, 0.15) is 0 Å². The minimum Gasteiger partial charge on any atom is -0.481 e. The maximum absolute atomic E-state index is 11.4. The highest BCUT2D eigenvalue weighted by molar-refractivity contribution is 6.29. The van der Waals surface area contributed by atoms with Crippen LogP contribution in [0.1, 0.15) is 36.2 Å². The molecule has 0 fully saturated rings. The van der Waals surface area contributed by atoms with Crippen LogP contribution in [0.5, 0.6) is 0 Å². The second-order valence-electron chi connectivity index (χ2n) is 3.56. The number of halogens is 1. The van der Waals surface area contributed by atoms with Gasteiger partial charge in [0, 0.05) is 13.0 Å². The molecule has 0 aromatic carbocycles. The number of carbonyl (C=O) groups excluding carboxylic acids is 1. The lowest BCUT2D eigenvalue weighted by molar-refractivity contribution is -0.137. The average Bonchev–Trinajstić information content (AvgIpc) is 2.69. The van der Waals surface area contributed by atoms with E-state index in [2.05, 4.69) is 5.32 Å². The van der Waals surface area contributed by atoms with Crippen molar-refractivity contribution in [1.29, 1.82) is 0 Å². The first-order valence-electron chi connectivity index (χ1n) is 5.35. The molecule has 6 heteroatoms. The molecule has 0 unspecified atom stereocenters. The maximum atomic E-state index is 11.4. The first kappa shape index (κ1) is 13.6. The van der Waals surface area contributed by atoms with Crippen molar-refractivity contribution in [2.24, 2.45) is 0 Å². The van der Waals surface area contributed by atoms with Crippen LogP contribution >= 0.6 is 11.6 Å². The number of hydrogen-bond donors (Lipinski definition) is 2. The van der Waals surface area contributed by atoms with Crippen LogP contribution < -0.4 is 5.32 Å². The molecule has 17 heavy (non-hydrogen) atoms. The fourth-order valence-electron chi connectivity index (χ4n) is 1.30. The molecule has 2 N–H and O–H groups in total. The molecule has 0 atom stereocenters. The van der Waals surface area contributed by atoms with E-state index < -0.39 is 5.97 Å². The number of carboxylic acid groups (broad SMARTS) is 1. The number of unbranched alkanes of at least 4 members (excludes halogenated alkanes) is 2. The minimum atomic E-state index is -0.792. The molecule has 5 nitrogen and oxygen atoms in total. The molecule has 1 heterocycles. The number of aliphatic carboxylic acids is 1. The highest BCUT2D eigenvalue weighted by Crippen LogP contribution is 2.12. The Hall–Kier alpha value is -1.49. The van der Waals surface area contributed by atoms with E-state index in [1.165, 1.54) is 12.1 Å². The fraction of sp³-hybridized carbons (Fsp3) is 0.455. The molecule has 0 spiro atoms. The van der Waals surface area contributed by atoms with Gasteiger partial charge in [-0.3, -0.25) is 9.59 Å². The normalized spacial score (nSPS) is 10.2. The third kappa shape index (κ3) is 5.40. The van der Waals surface area contributed by atoms with Crippen LogP contribution in [0.15, 0.2) is 16.5 Å². The summed E-state index contributed by atoms with van der Waals surface area (Å²) in [5.74, 6) is -0.921. The van der Waals surface area contributed by atoms with E-state index in [1.54, 1.807) is 0 Å². The van der Waals surface area contributed by atoms with Crippen molar-refractivity contribution in [2.75, 3.05) is 6.54 Å². The van der Waals surface area contributed by atoms with Crippen LogP contribution in [0.25, 0.3) is 0 Å². The Morgan fingerprint density at radius 2 is 2.06 bits per heavy atom. The summed E-state index contributed by atoms with van der Waals surface area (Å²) in [6.45, 7) is 0.497. The van der Waals surface area contributed by atoms with Gasteiger partial charge >= 0.3 is 5.97 Å². The number of nitrogens with one attached hydrogen (secondary N) is 1. The standard InChI is InChI=1S/C11H14ClNO4/c12-9-6-5-8(17-9)11(16)13-7-3-1-2-4-10(14)15/h5-6H,1-4,7H2,(H,13,16)(H,14,15). The highest BCUT2D eigenvalue weighted by Gasteiger charge is 2.09. The number of amides is 1. The van der Waals surface area contributed by atoms with E-state index in [9.17, 15) is 9.59 Å². The zero-order valence-electron chi connectivity index (χ0n) is 9.24. The summed E-state index contributed by atoms with van der Waals surface area (Å²) in [7, 11) is 0. The SMILES string of the molecule is O=C(O)CCCCCNC(=O)c1ccc(Cl)o1. The topological polar surface area (TPSA) is 79.5 Å². The third-order valence-corrected chi connectivity index (χ3v) is 2.35. The van der Waals surface area contributed by atoms with Crippen LogP contribution in [0.3, 0.4) is 0 Å². The largest absolute Gasteiger partial charge is 0.481 e. The molecule has 0 saturated heterocycles. The Morgan fingerprint density at radius 1 is 1.29 bits per heavy atom. The zero-order chi connectivity index (χ0) is 12.7. The molecule has 94 valence electrons. The second-order valence-corrected chi connectivity index (χ2v) is 3.94. The van der Waals surface area contributed by atoms with Crippen molar-refractivity contribution in [3.8, 4) is 0 Å². The summed E-state index contributed by atoms with van der Waals surface area (Å²) in [6.07, 6.45) is 2.30. The van der Waals surface area contributed by atoms with E-state index in [-0.39, 0.29) is 23.3 Å². The lowest BCUT2D eigenvalue weighted by atomic mass is 10.2. The van der Waals surface area contributed by atoms with Gasteiger partial charge in [0.25, 0.3) is 5.91 Å². The molecule has 0 radical (unpaired) electrons. The summed E-state index contributed by atoms with van der Waals surface area (Å²) < 4.78 is 4.93.